The van der Waals surface area contributed by atoms with Crippen molar-refractivity contribution in [1.29, 1.82) is 0 Å². The molecule has 3 nitrogen and oxygen atoms in total. The molecule has 7 rings (SSSR count). The van der Waals surface area contributed by atoms with Crippen molar-refractivity contribution in [2.45, 2.75) is 19.3 Å². The second-order valence-corrected chi connectivity index (χ2v) is 9.95. The zero-order chi connectivity index (χ0) is 24.3. The third kappa shape index (κ3) is 2.99. The number of pyridine rings is 2. The van der Waals surface area contributed by atoms with Gasteiger partial charge in [0.2, 0.25) is 0 Å². The van der Waals surface area contributed by atoms with E-state index in [4.69, 9.17) is 4.98 Å². The molecule has 0 radical (unpaired) electrons. The van der Waals surface area contributed by atoms with Gasteiger partial charge in [-0.3, -0.25) is 4.98 Å². The molecule has 3 aromatic heterocycles. The molecule has 36 heavy (non-hydrogen) atoms. The standard InChI is InChI=1S/C33H25N3/c1-33(2)28-13-5-3-10-23(28)26-20-22-16-19-36(31(22)21-27(26)24-11-4-6-14-29(24)33)32-25(12-9-18-35-32)30-15-7-8-17-34-30/h3-21H,1-2H3. The molecule has 0 saturated carbocycles. The maximum atomic E-state index is 4.80. The average molecular weight is 464 g/mol. The Morgan fingerprint density at radius 1 is 0.583 bits per heavy atom. The molecule has 0 amide bonds. The summed E-state index contributed by atoms with van der Waals surface area (Å²) in [4.78, 5) is 9.40. The van der Waals surface area contributed by atoms with Gasteiger partial charge in [0.25, 0.3) is 0 Å². The highest BCUT2D eigenvalue weighted by atomic mass is 15.1. The fourth-order valence-electron chi connectivity index (χ4n) is 5.79. The van der Waals surface area contributed by atoms with Gasteiger partial charge < -0.3 is 4.57 Å². The lowest BCUT2D eigenvalue weighted by Gasteiger charge is -2.28. The van der Waals surface area contributed by atoms with Gasteiger partial charge in [0.1, 0.15) is 5.82 Å². The van der Waals surface area contributed by atoms with E-state index in [2.05, 4.69) is 102 Å². The third-order valence-corrected chi connectivity index (χ3v) is 7.57. The molecule has 0 N–H and O–H groups in total. The monoisotopic (exact) mass is 463 g/mol. The fraction of sp³-hybridized carbons (Fsp3) is 0.0909. The summed E-state index contributed by atoms with van der Waals surface area (Å²) in [5.41, 5.74) is 10.8. The van der Waals surface area contributed by atoms with Gasteiger partial charge in [-0.05, 0) is 75.8 Å². The molecule has 3 aromatic carbocycles. The van der Waals surface area contributed by atoms with Crippen LogP contribution >= 0.6 is 0 Å². The Morgan fingerprint density at radius 3 is 1.94 bits per heavy atom. The van der Waals surface area contributed by atoms with E-state index in [9.17, 15) is 0 Å². The van der Waals surface area contributed by atoms with Crippen molar-refractivity contribution in [3.05, 3.63) is 127 Å². The average Bonchev–Trinajstić information content (AvgIpc) is 3.32. The van der Waals surface area contributed by atoms with Gasteiger partial charge in [-0.15, -0.1) is 0 Å². The first-order chi connectivity index (χ1) is 17.6. The van der Waals surface area contributed by atoms with Crippen molar-refractivity contribution >= 4 is 10.9 Å². The van der Waals surface area contributed by atoms with Crippen LogP contribution in [0.4, 0.5) is 0 Å². The van der Waals surface area contributed by atoms with Gasteiger partial charge in [-0.25, -0.2) is 4.98 Å². The minimum Gasteiger partial charge on any atom is -0.301 e. The molecule has 6 aromatic rings. The second kappa shape index (κ2) is 7.76. The Labute approximate surface area is 210 Å². The topological polar surface area (TPSA) is 30.7 Å². The number of aromatic nitrogens is 3. The first-order valence-corrected chi connectivity index (χ1v) is 12.3. The minimum atomic E-state index is -0.112. The zero-order valence-corrected chi connectivity index (χ0v) is 20.3. The molecule has 3 heteroatoms. The third-order valence-electron chi connectivity index (χ3n) is 7.57. The Balaban J connectivity index is 1.54. The predicted molar refractivity (Wildman–Crippen MR) is 147 cm³/mol. The van der Waals surface area contributed by atoms with E-state index < -0.39 is 0 Å². The highest BCUT2D eigenvalue weighted by molar-refractivity contribution is 5.99. The molecule has 1 aliphatic carbocycles. The quantitative estimate of drug-likeness (QED) is 0.260. The Kier molecular flexibility index (Phi) is 4.49. The van der Waals surface area contributed by atoms with Gasteiger partial charge in [0, 0.05) is 35.0 Å². The predicted octanol–water partition coefficient (Wildman–Crippen LogP) is 8.06. The summed E-state index contributed by atoms with van der Waals surface area (Å²) in [5.74, 6) is 0.883. The summed E-state index contributed by atoms with van der Waals surface area (Å²) in [6.45, 7) is 4.67. The summed E-state index contributed by atoms with van der Waals surface area (Å²) >= 11 is 0. The van der Waals surface area contributed by atoms with Gasteiger partial charge >= 0.3 is 0 Å². The van der Waals surface area contributed by atoms with Crippen LogP contribution in [0.5, 0.6) is 0 Å². The molecule has 0 unspecified atom stereocenters. The van der Waals surface area contributed by atoms with Crippen LogP contribution in [0.25, 0.3) is 50.2 Å². The summed E-state index contributed by atoms with van der Waals surface area (Å²) < 4.78 is 2.20. The van der Waals surface area contributed by atoms with E-state index >= 15 is 0 Å². The molecule has 0 fully saturated rings. The van der Waals surface area contributed by atoms with Crippen LogP contribution in [0.15, 0.2) is 116 Å². The molecule has 0 spiro atoms. The maximum absolute atomic E-state index is 4.80. The van der Waals surface area contributed by atoms with E-state index in [-0.39, 0.29) is 5.41 Å². The normalized spacial score (nSPS) is 13.5. The lowest BCUT2D eigenvalue weighted by Crippen LogP contribution is -2.19. The molecular formula is C33H25N3. The van der Waals surface area contributed by atoms with Crippen LogP contribution in [-0.4, -0.2) is 14.5 Å². The van der Waals surface area contributed by atoms with Crippen molar-refractivity contribution in [2.75, 3.05) is 0 Å². The molecule has 0 aliphatic heterocycles. The highest BCUT2D eigenvalue weighted by Gasteiger charge is 2.33. The number of hydrogen-bond donors (Lipinski definition) is 0. The fourth-order valence-corrected chi connectivity index (χ4v) is 5.79. The van der Waals surface area contributed by atoms with Crippen LogP contribution < -0.4 is 0 Å². The Hall–Kier alpha value is -4.50. The van der Waals surface area contributed by atoms with Crippen molar-refractivity contribution < 1.29 is 0 Å². The smallest absolute Gasteiger partial charge is 0.146 e. The first kappa shape index (κ1) is 20.8. The van der Waals surface area contributed by atoms with E-state index in [1.54, 1.807) is 0 Å². The number of fused-ring (bicyclic) bond motifs is 6. The minimum absolute atomic E-state index is 0.112. The first-order valence-electron chi connectivity index (χ1n) is 12.3. The Bertz CT molecular complexity index is 1760. The van der Waals surface area contributed by atoms with Crippen LogP contribution in [0.2, 0.25) is 0 Å². The molecule has 3 heterocycles. The molecule has 0 bridgehead atoms. The SMILES string of the molecule is CC1(C)c2ccccc2-c2cc3ccn(-c4ncccc4-c4ccccn4)c3cc2-c2ccccc21. The highest BCUT2D eigenvalue weighted by Crippen LogP contribution is 2.49. The summed E-state index contributed by atoms with van der Waals surface area (Å²) in [7, 11) is 0. The molecule has 0 atom stereocenters. The number of hydrogen-bond acceptors (Lipinski definition) is 2. The van der Waals surface area contributed by atoms with Gasteiger partial charge in [0.15, 0.2) is 0 Å². The van der Waals surface area contributed by atoms with Gasteiger partial charge in [0.05, 0.1) is 11.2 Å². The van der Waals surface area contributed by atoms with Crippen molar-refractivity contribution in [2.24, 2.45) is 0 Å². The van der Waals surface area contributed by atoms with Crippen LogP contribution in [-0.2, 0) is 5.41 Å². The van der Waals surface area contributed by atoms with Crippen molar-refractivity contribution in [3.63, 3.8) is 0 Å². The second-order valence-electron chi connectivity index (χ2n) is 9.95. The maximum Gasteiger partial charge on any atom is 0.146 e. The lowest BCUT2D eigenvalue weighted by atomic mass is 9.75. The van der Waals surface area contributed by atoms with Crippen molar-refractivity contribution in [3.8, 4) is 39.3 Å². The largest absolute Gasteiger partial charge is 0.301 e. The molecule has 0 saturated heterocycles. The van der Waals surface area contributed by atoms with Gasteiger partial charge in [-0.1, -0.05) is 68.4 Å². The Morgan fingerprint density at radius 2 is 1.22 bits per heavy atom. The molecule has 172 valence electrons. The molecule has 1 aliphatic rings. The van der Waals surface area contributed by atoms with Crippen LogP contribution in [0.1, 0.15) is 25.0 Å². The summed E-state index contributed by atoms with van der Waals surface area (Å²) in [6.07, 6.45) is 5.81. The van der Waals surface area contributed by atoms with E-state index in [1.807, 2.05) is 36.7 Å². The van der Waals surface area contributed by atoms with Crippen LogP contribution in [0.3, 0.4) is 0 Å². The van der Waals surface area contributed by atoms with Crippen LogP contribution in [0, 0.1) is 0 Å². The van der Waals surface area contributed by atoms with E-state index in [1.165, 1.54) is 38.8 Å². The summed E-state index contributed by atoms with van der Waals surface area (Å²) in [5, 5.41) is 1.19. The summed E-state index contributed by atoms with van der Waals surface area (Å²) in [6, 6.07) is 34.6. The lowest BCUT2D eigenvalue weighted by molar-refractivity contribution is 0.646. The van der Waals surface area contributed by atoms with E-state index in [0.29, 0.717) is 0 Å². The number of nitrogens with zero attached hydrogens (tertiary/aromatic N) is 3. The van der Waals surface area contributed by atoms with Crippen molar-refractivity contribution in [1.82, 2.24) is 14.5 Å². The zero-order valence-electron chi connectivity index (χ0n) is 20.3. The number of benzene rings is 3. The van der Waals surface area contributed by atoms with Gasteiger partial charge in [-0.2, -0.15) is 0 Å². The molecular weight excluding hydrogens is 438 g/mol. The van der Waals surface area contributed by atoms with E-state index in [0.717, 1.165) is 22.6 Å². The number of rotatable bonds is 2.